The van der Waals surface area contributed by atoms with Crippen molar-refractivity contribution in [3.05, 3.63) is 48.3 Å². The normalized spacial score (nSPS) is 11.4. The molecular formula is C12H11BFNO4S. The molecule has 0 unspecified atom stereocenters. The van der Waals surface area contributed by atoms with Gasteiger partial charge in [-0.2, -0.15) is 0 Å². The van der Waals surface area contributed by atoms with Gasteiger partial charge in [-0.1, -0.05) is 36.4 Å². The zero-order valence-electron chi connectivity index (χ0n) is 10.2. The lowest BCUT2D eigenvalue weighted by atomic mass is 9.79. The molecule has 0 saturated heterocycles. The van der Waals surface area contributed by atoms with E-state index in [1.165, 1.54) is 0 Å². The van der Waals surface area contributed by atoms with E-state index in [1.54, 1.807) is 30.3 Å². The van der Waals surface area contributed by atoms with Crippen LogP contribution in [0, 0.1) is 5.82 Å². The highest BCUT2D eigenvalue weighted by molar-refractivity contribution is 7.89. The fourth-order valence-corrected chi connectivity index (χ4v) is 2.62. The van der Waals surface area contributed by atoms with E-state index < -0.39 is 27.9 Å². The molecule has 2 aromatic carbocycles. The fourth-order valence-electron chi connectivity index (χ4n) is 1.86. The second-order valence-corrected chi connectivity index (χ2v) is 5.68. The molecule has 8 heteroatoms. The topological polar surface area (TPSA) is 101 Å². The minimum atomic E-state index is -4.26. The van der Waals surface area contributed by atoms with E-state index in [4.69, 9.17) is 5.14 Å². The van der Waals surface area contributed by atoms with E-state index in [2.05, 4.69) is 0 Å². The SMILES string of the molecule is NS(=O)(=O)c1cc(F)c(-c2ccccc2)cc1B(O)O. The van der Waals surface area contributed by atoms with E-state index in [0.29, 0.717) is 11.6 Å². The second kappa shape index (κ2) is 5.33. The average molecular weight is 295 g/mol. The number of primary sulfonamides is 1. The van der Waals surface area contributed by atoms with Gasteiger partial charge in [0.1, 0.15) is 5.82 Å². The van der Waals surface area contributed by atoms with Gasteiger partial charge in [-0.05, 0) is 11.6 Å². The maximum absolute atomic E-state index is 14.0. The van der Waals surface area contributed by atoms with Gasteiger partial charge in [0.2, 0.25) is 10.0 Å². The minimum absolute atomic E-state index is 0.0566. The summed E-state index contributed by atoms with van der Waals surface area (Å²) in [6, 6.07) is 10.1. The molecule has 0 atom stereocenters. The van der Waals surface area contributed by atoms with Crippen LogP contribution in [0.1, 0.15) is 0 Å². The molecular weight excluding hydrogens is 284 g/mol. The Morgan fingerprint density at radius 2 is 1.70 bits per heavy atom. The maximum Gasteiger partial charge on any atom is 0.489 e. The number of rotatable bonds is 3. The van der Waals surface area contributed by atoms with Crippen LogP contribution in [0.15, 0.2) is 47.4 Å². The molecule has 20 heavy (non-hydrogen) atoms. The number of hydrogen-bond acceptors (Lipinski definition) is 4. The van der Waals surface area contributed by atoms with Gasteiger partial charge in [0, 0.05) is 11.0 Å². The summed E-state index contributed by atoms with van der Waals surface area (Å²) < 4.78 is 36.7. The lowest BCUT2D eigenvalue weighted by Gasteiger charge is -2.11. The summed E-state index contributed by atoms with van der Waals surface area (Å²) >= 11 is 0. The standard InChI is InChI=1S/C12H11BFNO4S/c14-11-7-12(20(15,18)19)10(13(16)17)6-9(11)8-4-2-1-3-5-8/h1-7,16-17H,(H2,15,18,19). The third kappa shape index (κ3) is 2.88. The Morgan fingerprint density at radius 1 is 1.10 bits per heavy atom. The molecule has 0 radical (unpaired) electrons. The molecule has 0 aliphatic carbocycles. The lowest BCUT2D eigenvalue weighted by Crippen LogP contribution is -2.36. The Kier molecular flexibility index (Phi) is 3.91. The van der Waals surface area contributed by atoms with Crippen molar-refractivity contribution < 1.29 is 22.9 Å². The smallest absolute Gasteiger partial charge is 0.423 e. The Hall–Kier alpha value is -1.74. The van der Waals surface area contributed by atoms with Crippen LogP contribution in [0.2, 0.25) is 0 Å². The van der Waals surface area contributed by atoms with Crippen LogP contribution in [0.3, 0.4) is 0 Å². The van der Waals surface area contributed by atoms with Gasteiger partial charge in [-0.25, -0.2) is 17.9 Å². The number of nitrogens with two attached hydrogens (primary N) is 1. The van der Waals surface area contributed by atoms with Crippen molar-refractivity contribution in [2.24, 2.45) is 5.14 Å². The lowest BCUT2D eigenvalue weighted by molar-refractivity contribution is 0.424. The first kappa shape index (κ1) is 14.7. The van der Waals surface area contributed by atoms with Crippen molar-refractivity contribution >= 4 is 22.6 Å². The van der Waals surface area contributed by atoms with Crippen molar-refractivity contribution in [2.45, 2.75) is 4.90 Å². The van der Waals surface area contributed by atoms with Crippen molar-refractivity contribution in [2.75, 3.05) is 0 Å². The van der Waals surface area contributed by atoms with Gasteiger partial charge >= 0.3 is 7.12 Å². The van der Waals surface area contributed by atoms with Crippen LogP contribution in [0.5, 0.6) is 0 Å². The van der Waals surface area contributed by atoms with Gasteiger partial charge in [0.25, 0.3) is 0 Å². The molecule has 5 nitrogen and oxygen atoms in total. The number of hydrogen-bond donors (Lipinski definition) is 3. The first-order valence-corrected chi connectivity index (χ1v) is 7.13. The van der Waals surface area contributed by atoms with Crippen molar-refractivity contribution in [1.82, 2.24) is 0 Å². The Labute approximate surface area is 115 Å². The zero-order valence-corrected chi connectivity index (χ0v) is 11.0. The van der Waals surface area contributed by atoms with Crippen LogP contribution >= 0.6 is 0 Å². The summed E-state index contributed by atoms with van der Waals surface area (Å²) in [5.41, 5.74) is 0.168. The summed E-state index contributed by atoms with van der Waals surface area (Å²) in [5, 5.41) is 23.4. The molecule has 2 rings (SSSR count). The Morgan fingerprint density at radius 3 is 2.20 bits per heavy atom. The average Bonchev–Trinajstić information content (AvgIpc) is 2.38. The molecule has 0 spiro atoms. The summed E-state index contributed by atoms with van der Waals surface area (Å²) in [6.45, 7) is 0. The molecule has 0 saturated carbocycles. The number of halogens is 1. The Bertz CT molecular complexity index is 735. The number of sulfonamides is 1. The van der Waals surface area contributed by atoms with Crippen LogP contribution in [-0.2, 0) is 10.0 Å². The first-order chi connectivity index (χ1) is 9.30. The highest BCUT2D eigenvalue weighted by atomic mass is 32.2. The molecule has 4 N–H and O–H groups in total. The van der Waals surface area contributed by atoms with Gasteiger partial charge in [-0.3, -0.25) is 0 Å². The molecule has 2 aromatic rings. The zero-order chi connectivity index (χ0) is 14.9. The van der Waals surface area contributed by atoms with E-state index in [1.807, 2.05) is 0 Å². The Balaban J connectivity index is 2.73. The van der Waals surface area contributed by atoms with Crippen molar-refractivity contribution in [1.29, 1.82) is 0 Å². The molecule has 0 amide bonds. The van der Waals surface area contributed by atoms with Crippen LogP contribution in [0.25, 0.3) is 11.1 Å². The third-order valence-corrected chi connectivity index (χ3v) is 3.74. The maximum atomic E-state index is 14.0. The van der Waals surface area contributed by atoms with Gasteiger partial charge in [0.05, 0.1) is 4.90 Å². The highest BCUT2D eigenvalue weighted by Crippen LogP contribution is 2.23. The van der Waals surface area contributed by atoms with Crippen molar-refractivity contribution in [3.8, 4) is 11.1 Å². The fraction of sp³-hybridized carbons (Fsp3) is 0. The van der Waals surface area contributed by atoms with Crippen LogP contribution in [0.4, 0.5) is 4.39 Å². The van der Waals surface area contributed by atoms with Gasteiger partial charge in [0.15, 0.2) is 0 Å². The quantitative estimate of drug-likeness (QED) is 0.684. The van der Waals surface area contributed by atoms with Gasteiger partial charge < -0.3 is 10.0 Å². The summed E-state index contributed by atoms with van der Waals surface area (Å²) in [4.78, 5) is -0.648. The van der Waals surface area contributed by atoms with Crippen LogP contribution < -0.4 is 10.6 Å². The summed E-state index contributed by atoms with van der Waals surface area (Å²) in [6.07, 6.45) is 0. The van der Waals surface area contributed by atoms with E-state index in [0.717, 1.165) is 6.07 Å². The molecule has 0 aliphatic rings. The summed E-state index contributed by atoms with van der Waals surface area (Å²) in [7, 11) is -6.34. The molecule has 104 valence electrons. The van der Waals surface area contributed by atoms with Crippen LogP contribution in [-0.4, -0.2) is 25.6 Å². The predicted octanol–water partition coefficient (Wildman–Crippen LogP) is -0.180. The minimum Gasteiger partial charge on any atom is -0.423 e. The molecule has 0 aliphatic heterocycles. The van der Waals surface area contributed by atoms with Gasteiger partial charge in [-0.15, -0.1) is 0 Å². The second-order valence-electron chi connectivity index (χ2n) is 4.15. The predicted molar refractivity (Wildman–Crippen MR) is 73.0 cm³/mol. The van der Waals surface area contributed by atoms with E-state index in [-0.39, 0.29) is 11.0 Å². The van der Waals surface area contributed by atoms with Crippen molar-refractivity contribution in [3.63, 3.8) is 0 Å². The highest BCUT2D eigenvalue weighted by Gasteiger charge is 2.25. The van der Waals surface area contributed by atoms with E-state index >= 15 is 0 Å². The number of benzene rings is 2. The monoisotopic (exact) mass is 295 g/mol. The van der Waals surface area contributed by atoms with E-state index in [9.17, 15) is 22.9 Å². The molecule has 0 aromatic heterocycles. The third-order valence-electron chi connectivity index (χ3n) is 2.77. The molecule has 0 heterocycles. The molecule has 0 fully saturated rings. The summed E-state index contributed by atoms with van der Waals surface area (Å²) in [5.74, 6) is -0.815. The molecule has 0 bridgehead atoms. The first-order valence-electron chi connectivity index (χ1n) is 5.58. The largest absolute Gasteiger partial charge is 0.489 e.